The summed E-state index contributed by atoms with van der Waals surface area (Å²) in [6.45, 7) is 0. The number of carbonyl (C=O) groups is 3. The minimum atomic E-state index is -1.67. The molecule has 1 unspecified atom stereocenters. The number of nitrogens with zero attached hydrogens (tertiary/aromatic N) is 1. The zero-order valence-corrected chi connectivity index (χ0v) is 13.2. The van der Waals surface area contributed by atoms with Gasteiger partial charge >= 0.3 is 43.9 Å². The quantitative estimate of drug-likeness (QED) is 0.673. The number of hydrogen-bond donors (Lipinski definition) is 1. The molecule has 0 aromatic heterocycles. The van der Waals surface area contributed by atoms with E-state index in [1.165, 1.54) is 0 Å². The van der Waals surface area contributed by atoms with Crippen LogP contribution in [0, 0.1) is 5.92 Å². The van der Waals surface area contributed by atoms with Crippen LogP contribution in [0.1, 0.15) is 29.9 Å². The molecule has 4 rings (SSSR count). The number of carbonyl (C=O) groups excluding carboxylic acids is 2. The molecule has 6 nitrogen and oxygen atoms in total. The van der Waals surface area contributed by atoms with Gasteiger partial charge < -0.3 is 5.11 Å². The molecular weight excluding hydrogens is 336 g/mol. The molecule has 2 aromatic carbocycles. The Morgan fingerprint density at radius 2 is 1.52 bits per heavy atom. The molecule has 8 heteroatoms. The Labute approximate surface area is 180 Å². The van der Waals surface area contributed by atoms with Crippen molar-refractivity contribution in [2.24, 2.45) is 5.92 Å². The van der Waals surface area contributed by atoms with Gasteiger partial charge in [0.15, 0.2) is 0 Å². The van der Waals surface area contributed by atoms with Crippen molar-refractivity contribution in [3.8, 4) is 11.1 Å². The van der Waals surface area contributed by atoms with Crippen molar-refractivity contribution in [2.75, 3.05) is 0 Å². The number of hydrogen-bond acceptors (Lipinski definition) is 4. The molecule has 1 aliphatic carbocycles. The molecule has 1 atom stereocenters. The first-order chi connectivity index (χ1) is 12.1. The summed E-state index contributed by atoms with van der Waals surface area (Å²) in [5.41, 5.74) is 4.53. The van der Waals surface area contributed by atoms with E-state index in [1.54, 1.807) is 0 Å². The number of carboxylic acid groups (broad SMARTS) is 1. The fourth-order valence-electron chi connectivity index (χ4n) is 3.83. The molecule has 0 spiro atoms. The SMILES string of the molecule is O=C(O)ON1C(=O)CC(CC2c3ccccc3-c3ccccc32)C1=O.[LiH].[LiH]. The zero-order chi connectivity index (χ0) is 17.6. The molecule has 27 heavy (non-hydrogen) atoms. The zero-order valence-electron chi connectivity index (χ0n) is 13.2. The van der Waals surface area contributed by atoms with E-state index in [4.69, 9.17) is 5.11 Å². The molecule has 0 bridgehead atoms. The van der Waals surface area contributed by atoms with Crippen LogP contribution in [0.4, 0.5) is 4.79 Å². The van der Waals surface area contributed by atoms with Gasteiger partial charge in [-0.1, -0.05) is 53.6 Å². The Bertz CT molecular complexity index is 856. The molecule has 0 radical (unpaired) electrons. The molecule has 2 amide bonds. The third kappa shape index (κ3) is 3.72. The van der Waals surface area contributed by atoms with Crippen LogP contribution in [-0.2, 0) is 14.4 Å². The molecule has 1 N–H and O–H groups in total. The van der Waals surface area contributed by atoms with Crippen LogP contribution >= 0.6 is 0 Å². The van der Waals surface area contributed by atoms with Gasteiger partial charge in [-0.3, -0.25) is 14.4 Å². The van der Waals surface area contributed by atoms with E-state index in [2.05, 4.69) is 17.0 Å². The van der Waals surface area contributed by atoms with E-state index in [9.17, 15) is 14.4 Å². The Hall–Kier alpha value is -1.96. The normalized spacial score (nSPS) is 17.6. The van der Waals surface area contributed by atoms with Crippen molar-refractivity contribution in [2.45, 2.75) is 18.8 Å². The summed E-state index contributed by atoms with van der Waals surface area (Å²) >= 11 is 0. The molecule has 0 saturated carbocycles. The third-order valence-electron chi connectivity index (χ3n) is 4.85. The van der Waals surface area contributed by atoms with Gasteiger partial charge in [-0.2, -0.15) is 0 Å². The van der Waals surface area contributed by atoms with Gasteiger partial charge in [-0.15, -0.1) is 0 Å². The third-order valence-corrected chi connectivity index (χ3v) is 4.85. The van der Waals surface area contributed by atoms with Crippen molar-refractivity contribution in [1.29, 1.82) is 0 Å². The summed E-state index contributed by atoms with van der Waals surface area (Å²) in [6.07, 6.45) is -1.26. The van der Waals surface area contributed by atoms with Crippen LogP contribution in [0.5, 0.6) is 0 Å². The number of fused-ring (bicyclic) bond motifs is 3. The topological polar surface area (TPSA) is 83.9 Å². The van der Waals surface area contributed by atoms with E-state index in [0.717, 1.165) is 22.3 Å². The summed E-state index contributed by atoms with van der Waals surface area (Å²) in [4.78, 5) is 39.3. The van der Waals surface area contributed by atoms with E-state index in [1.807, 2.05) is 36.4 Å². The van der Waals surface area contributed by atoms with Gasteiger partial charge in [0.05, 0.1) is 5.92 Å². The fourth-order valence-corrected chi connectivity index (χ4v) is 3.83. The average Bonchev–Trinajstić information content (AvgIpc) is 3.05. The number of benzene rings is 2. The van der Waals surface area contributed by atoms with Gasteiger partial charge in [-0.05, 0) is 28.7 Å². The maximum atomic E-state index is 12.4. The van der Waals surface area contributed by atoms with Crippen LogP contribution in [0.25, 0.3) is 11.1 Å². The van der Waals surface area contributed by atoms with Crippen LogP contribution in [0.3, 0.4) is 0 Å². The summed E-state index contributed by atoms with van der Waals surface area (Å²) in [5.74, 6) is -1.79. The summed E-state index contributed by atoms with van der Waals surface area (Å²) in [7, 11) is 0. The Morgan fingerprint density at radius 1 is 1.00 bits per heavy atom. The minimum absolute atomic E-state index is 0. The first-order valence-electron chi connectivity index (χ1n) is 8.02. The maximum absolute atomic E-state index is 12.4. The van der Waals surface area contributed by atoms with Gasteiger partial charge in [0.2, 0.25) is 0 Å². The number of amides is 2. The van der Waals surface area contributed by atoms with Crippen LogP contribution in [0.2, 0.25) is 0 Å². The van der Waals surface area contributed by atoms with Crippen LogP contribution < -0.4 is 0 Å². The molecule has 2 aliphatic rings. The van der Waals surface area contributed by atoms with E-state index < -0.39 is 23.9 Å². The van der Waals surface area contributed by atoms with Crippen molar-refractivity contribution in [1.82, 2.24) is 5.06 Å². The predicted octanol–water partition coefficient (Wildman–Crippen LogP) is 1.88. The number of hydroxylamine groups is 2. The second-order valence-electron chi connectivity index (χ2n) is 6.25. The van der Waals surface area contributed by atoms with E-state index >= 15 is 0 Å². The van der Waals surface area contributed by atoms with Gasteiger partial charge in [-0.25, -0.2) is 4.79 Å². The molecular formula is C19H17Li2NO5. The average molecular weight is 353 g/mol. The Balaban J connectivity index is 0.00000131. The van der Waals surface area contributed by atoms with Gasteiger partial charge in [0.1, 0.15) is 0 Å². The first kappa shape index (κ1) is 21.3. The van der Waals surface area contributed by atoms with Crippen molar-refractivity contribution < 1.29 is 24.3 Å². The predicted molar refractivity (Wildman–Crippen MR) is 102 cm³/mol. The standard InChI is InChI=1S/C19H15NO5.2Li.2H/c21-17-10-11(18(22)20(17)25-19(23)24)9-16-14-7-3-1-5-12(14)13-6-2-4-8-15(13)16;;;;/h1-8,11,16H,9-10H2,(H,23,24);;;;. The van der Waals surface area contributed by atoms with Gasteiger partial charge in [0, 0.05) is 12.3 Å². The summed E-state index contributed by atoms with van der Waals surface area (Å²) < 4.78 is 0. The molecule has 2 aromatic rings. The Kier molecular flexibility index (Phi) is 6.62. The number of imide groups is 1. The van der Waals surface area contributed by atoms with Crippen molar-refractivity contribution >= 4 is 55.7 Å². The molecule has 1 aliphatic heterocycles. The van der Waals surface area contributed by atoms with E-state index in [-0.39, 0.29) is 50.1 Å². The second-order valence-corrected chi connectivity index (χ2v) is 6.25. The van der Waals surface area contributed by atoms with Crippen molar-refractivity contribution in [3.63, 3.8) is 0 Å². The molecule has 1 fully saturated rings. The first-order valence-corrected chi connectivity index (χ1v) is 8.02. The molecule has 1 saturated heterocycles. The fraction of sp³-hybridized carbons (Fsp3) is 0.211. The molecule has 1 heterocycles. The monoisotopic (exact) mass is 353 g/mol. The van der Waals surface area contributed by atoms with Crippen LogP contribution in [0.15, 0.2) is 48.5 Å². The summed E-state index contributed by atoms with van der Waals surface area (Å²) in [5, 5.41) is 9.05. The second kappa shape index (κ2) is 8.38. The van der Waals surface area contributed by atoms with Gasteiger partial charge in [0.25, 0.3) is 11.8 Å². The van der Waals surface area contributed by atoms with Crippen LogP contribution in [-0.4, -0.2) is 65.9 Å². The number of rotatable bonds is 3. The van der Waals surface area contributed by atoms with Crippen molar-refractivity contribution in [3.05, 3.63) is 59.7 Å². The summed E-state index contributed by atoms with van der Waals surface area (Å²) in [6, 6.07) is 16.0. The molecule has 130 valence electrons. The van der Waals surface area contributed by atoms with E-state index in [0.29, 0.717) is 11.5 Å². The Morgan fingerprint density at radius 3 is 2.04 bits per heavy atom.